The van der Waals surface area contributed by atoms with E-state index in [1.54, 1.807) is 24.3 Å². The van der Waals surface area contributed by atoms with Crippen LogP contribution in [-0.4, -0.2) is 17.0 Å². The van der Waals surface area contributed by atoms with Crippen LogP contribution in [0.2, 0.25) is 0 Å². The van der Waals surface area contributed by atoms with Gasteiger partial charge in [0.2, 0.25) is 5.91 Å². The van der Waals surface area contributed by atoms with Gasteiger partial charge in [-0.3, -0.25) is 9.59 Å². The predicted octanol–water partition coefficient (Wildman–Crippen LogP) is 3.87. The fourth-order valence-corrected chi connectivity index (χ4v) is 2.99. The van der Waals surface area contributed by atoms with Gasteiger partial charge in [-0.25, -0.2) is 0 Å². The van der Waals surface area contributed by atoms with Crippen molar-refractivity contribution in [2.45, 2.75) is 19.4 Å². The number of rotatable bonds is 6. The third-order valence-electron chi connectivity index (χ3n) is 4.46. The number of ether oxygens (including phenoxy) is 1. The Morgan fingerprint density at radius 1 is 0.962 bits per heavy atom. The van der Waals surface area contributed by atoms with E-state index in [0.29, 0.717) is 30.9 Å². The van der Waals surface area contributed by atoms with Crippen molar-refractivity contribution in [1.29, 1.82) is 0 Å². The topological polar surface area (TPSA) is 75.6 Å². The van der Waals surface area contributed by atoms with Crippen LogP contribution in [-0.2, 0) is 16.2 Å². The average Bonchev–Trinajstić information content (AvgIpc) is 2.68. The minimum absolute atomic E-state index is 0.264. The lowest BCUT2D eigenvalue weighted by Crippen LogP contribution is -2.34. The van der Waals surface area contributed by atoms with E-state index in [0.717, 1.165) is 5.56 Å². The van der Waals surface area contributed by atoms with Gasteiger partial charge in [0, 0.05) is 5.69 Å². The third kappa shape index (κ3) is 4.51. The van der Waals surface area contributed by atoms with E-state index < -0.39 is 17.8 Å². The highest BCUT2D eigenvalue weighted by Crippen LogP contribution is 2.27. The van der Waals surface area contributed by atoms with Gasteiger partial charge in [-0.1, -0.05) is 42.5 Å². The SMILES string of the molecule is O=C(O)C1CC=CCC1C(=O)Nc1ccc(OCc2ccccc2)cc1. The van der Waals surface area contributed by atoms with Gasteiger partial charge in [0.25, 0.3) is 0 Å². The zero-order valence-corrected chi connectivity index (χ0v) is 14.3. The van der Waals surface area contributed by atoms with Crippen LogP contribution < -0.4 is 10.1 Å². The summed E-state index contributed by atoms with van der Waals surface area (Å²) in [5.74, 6) is -1.71. The van der Waals surface area contributed by atoms with Crippen LogP contribution in [0.15, 0.2) is 66.7 Å². The van der Waals surface area contributed by atoms with E-state index in [9.17, 15) is 14.7 Å². The molecule has 2 N–H and O–H groups in total. The molecule has 1 aliphatic carbocycles. The van der Waals surface area contributed by atoms with Crippen molar-refractivity contribution in [3.05, 3.63) is 72.3 Å². The maximum Gasteiger partial charge on any atom is 0.307 e. The number of carboxylic acids is 1. The molecule has 134 valence electrons. The second kappa shape index (κ2) is 8.34. The molecule has 1 aliphatic rings. The Hall–Kier alpha value is -3.08. The molecule has 3 rings (SSSR count). The van der Waals surface area contributed by atoms with Gasteiger partial charge in [0.15, 0.2) is 0 Å². The van der Waals surface area contributed by atoms with Crippen molar-refractivity contribution in [3.63, 3.8) is 0 Å². The summed E-state index contributed by atoms with van der Waals surface area (Å²) in [6.45, 7) is 0.473. The molecule has 0 saturated carbocycles. The molecule has 0 spiro atoms. The molecule has 0 heterocycles. The second-order valence-electron chi connectivity index (χ2n) is 6.28. The quantitative estimate of drug-likeness (QED) is 0.775. The molecule has 0 bridgehead atoms. The fourth-order valence-electron chi connectivity index (χ4n) is 2.99. The Bertz CT molecular complexity index is 783. The summed E-state index contributed by atoms with van der Waals surface area (Å²) in [6, 6.07) is 16.9. The lowest BCUT2D eigenvalue weighted by molar-refractivity contribution is -0.146. The number of carboxylic acid groups (broad SMARTS) is 1. The molecule has 1 amide bonds. The number of benzene rings is 2. The summed E-state index contributed by atoms with van der Waals surface area (Å²) in [6.07, 6.45) is 4.52. The summed E-state index contributed by atoms with van der Waals surface area (Å²) in [5.41, 5.74) is 1.70. The van der Waals surface area contributed by atoms with Gasteiger partial charge >= 0.3 is 5.97 Å². The smallest absolute Gasteiger partial charge is 0.307 e. The third-order valence-corrected chi connectivity index (χ3v) is 4.46. The minimum Gasteiger partial charge on any atom is -0.489 e. The second-order valence-corrected chi connectivity index (χ2v) is 6.28. The highest BCUT2D eigenvalue weighted by Gasteiger charge is 2.33. The first-order valence-corrected chi connectivity index (χ1v) is 8.59. The summed E-state index contributed by atoms with van der Waals surface area (Å²) >= 11 is 0. The molecule has 2 atom stereocenters. The molecule has 5 heteroatoms. The first-order valence-electron chi connectivity index (χ1n) is 8.59. The monoisotopic (exact) mass is 351 g/mol. The van der Waals surface area contributed by atoms with Crippen LogP contribution in [0.1, 0.15) is 18.4 Å². The molecular weight excluding hydrogens is 330 g/mol. The van der Waals surface area contributed by atoms with Crippen molar-refractivity contribution in [2.75, 3.05) is 5.32 Å². The number of allylic oxidation sites excluding steroid dienone is 2. The number of hydrogen-bond acceptors (Lipinski definition) is 3. The largest absolute Gasteiger partial charge is 0.489 e. The highest BCUT2D eigenvalue weighted by atomic mass is 16.5. The van der Waals surface area contributed by atoms with E-state index >= 15 is 0 Å². The zero-order valence-electron chi connectivity index (χ0n) is 14.3. The molecule has 26 heavy (non-hydrogen) atoms. The van der Waals surface area contributed by atoms with Gasteiger partial charge in [0.1, 0.15) is 12.4 Å². The normalized spacial score (nSPS) is 18.9. The van der Waals surface area contributed by atoms with Gasteiger partial charge in [-0.15, -0.1) is 0 Å². The number of carbonyl (C=O) groups excluding carboxylic acids is 1. The molecule has 5 nitrogen and oxygen atoms in total. The Kier molecular flexibility index (Phi) is 5.69. The minimum atomic E-state index is -0.931. The van der Waals surface area contributed by atoms with Crippen LogP contribution in [0.4, 0.5) is 5.69 Å². The molecule has 0 radical (unpaired) electrons. The number of anilines is 1. The number of aliphatic carboxylic acids is 1. The molecule has 0 aliphatic heterocycles. The summed E-state index contributed by atoms with van der Waals surface area (Å²) in [4.78, 5) is 23.8. The van der Waals surface area contributed by atoms with Crippen molar-refractivity contribution in [2.24, 2.45) is 11.8 Å². The van der Waals surface area contributed by atoms with Crippen molar-refractivity contribution in [1.82, 2.24) is 0 Å². The lowest BCUT2D eigenvalue weighted by Gasteiger charge is -2.24. The maximum atomic E-state index is 12.4. The van der Waals surface area contributed by atoms with Crippen LogP contribution in [0.5, 0.6) is 5.75 Å². The number of carbonyl (C=O) groups is 2. The first-order chi connectivity index (χ1) is 12.6. The van der Waals surface area contributed by atoms with Crippen molar-refractivity contribution in [3.8, 4) is 5.75 Å². The van der Waals surface area contributed by atoms with Gasteiger partial charge in [-0.05, 0) is 42.7 Å². The number of hydrogen-bond donors (Lipinski definition) is 2. The Labute approximate surface area is 152 Å². The van der Waals surface area contributed by atoms with E-state index in [2.05, 4.69) is 5.32 Å². The molecule has 2 unspecified atom stereocenters. The predicted molar refractivity (Wildman–Crippen MR) is 98.8 cm³/mol. The first kappa shape index (κ1) is 17.7. The van der Waals surface area contributed by atoms with Crippen molar-refractivity contribution >= 4 is 17.6 Å². The van der Waals surface area contributed by atoms with E-state index in [4.69, 9.17) is 4.74 Å². The Morgan fingerprint density at radius 3 is 2.27 bits per heavy atom. The molecule has 0 saturated heterocycles. The van der Waals surface area contributed by atoms with Crippen LogP contribution >= 0.6 is 0 Å². The van der Waals surface area contributed by atoms with Crippen LogP contribution in [0.3, 0.4) is 0 Å². The molecule has 0 fully saturated rings. The van der Waals surface area contributed by atoms with Gasteiger partial charge < -0.3 is 15.2 Å². The summed E-state index contributed by atoms with van der Waals surface area (Å²) in [7, 11) is 0. The lowest BCUT2D eigenvalue weighted by atomic mass is 9.82. The molecule has 2 aromatic rings. The van der Waals surface area contributed by atoms with E-state index in [1.807, 2.05) is 42.5 Å². The summed E-state index contributed by atoms with van der Waals surface area (Å²) < 4.78 is 5.72. The Morgan fingerprint density at radius 2 is 1.62 bits per heavy atom. The summed E-state index contributed by atoms with van der Waals surface area (Å²) in [5, 5.41) is 12.1. The standard InChI is InChI=1S/C21H21NO4/c23-20(18-8-4-5-9-19(18)21(24)25)22-16-10-12-17(13-11-16)26-14-15-6-2-1-3-7-15/h1-7,10-13,18-19H,8-9,14H2,(H,22,23)(H,24,25). The molecule has 0 aromatic heterocycles. The fraction of sp³-hybridized carbons (Fsp3) is 0.238. The van der Waals surface area contributed by atoms with Gasteiger partial charge in [-0.2, -0.15) is 0 Å². The van der Waals surface area contributed by atoms with Crippen molar-refractivity contribution < 1.29 is 19.4 Å². The van der Waals surface area contributed by atoms with Crippen LogP contribution in [0, 0.1) is 11.8 Å². The zero-order chi connectivity index (χ0) is 18.4. The number of amides is 1. The Balaban J connectivity index is 1.57. The van der Waals surface area contributed by atoms with Crippen LogP contribution in [0.25, 0.3) is 0 Å². The highest BCUT2D eigenvalue weighted by molar-refractivity contribution is 5.95. The number of nitrogens with one attached hydrogen (secondary N) is 1. The van der Waals surface area contributed by atoms with E-state index in [-0.39, 0.29) is 5.91 Å². The maximum absolute atomic E-state index is 12.4. The molecular formula is C21H21NO4. The molecule has 2 aromatic carbocycles. The van der Waals surface area contributed by atoms with E-state index in [1.165, 1.54) is 0 Å². The van der Waals surface area contributed by atoms with Gasteiger partial charge in [0.05, 0.1) is 11.8 Å². The average molecular weight is 351 g/mol.